The summed E-state index contributed by atoms with van der Waals surface area (Å²) >= 11 is 1.91. The van der Waals surface area contributed by atoms with E-state index in [4.69, 9.17) is 14.2 Å². The van der Waals surface area contributed by atoms with Gasteiger partial charge in [-0.05, 0) is 12.2 Å². The number of ether oxygens (including phenoxy) is 1. The highest BCUT2D eigenvalue weighted by Gasteiger charge is 2.36. The van der Waals surface area contributed by atoms with E-state index < -0.39 is 7.82 Å². The molecule has 0 aromatic carbocycles. The first-order chi connectivity index (χ1) is 16.0. The van der Waals surface area contributed by atoms with Crippen LogP contribution in [0.15, 0.2) is 0 Å². The molecule has 0 aliphatic carbocycles. The fourth-order valence-electron chi connectivity index (χ4n) is 4.53. The van der Waals surface area contributed by atoms with Crippen molar-refractivity contribution in [1.82, 2.24) is 0 Å². The Hall–Kier alpha value is 0.380. The second kappa shape index (κ2) is 20.4. The Morgan fingerprint density at radius 3 is 1.71 bits per heavy atom. The lowest BCUT2D eigenvalue weighted by atomic mass is 9.95. The van der Waals surface area contributed by atoms with Gasteiger partial charge in [0.2, 0.25) is 0 Å². The second-order valence-electron chi connectivity index (χ2n) is 10.8. The summed E-state index contributed by atoms with van der Waals surface area (Å²) in [6.07, 6.45) is 19.3. The number of unbranched alkanes of at least 4 members (excludes halogenated alkanes) is 13. The topological polar surface area (TPSA) is 78.8 Å². The summed E-state index contributed by atoms with van der Waals surface area (Å²) in [7, 11) is 3.00. The highest BCUT2D eigenvalue weighted by Crippen LogP contribution is 2.33. The molecule has 0 saturated heterocycles. The Labute approximate surface area is 215 Å². The van der Waals surface area contributed by atoms with Crippen LogP contribution in [0.2, 0.25) is 0 Å². The van der Waals surface area contributed by atoms with E-state index in [0.717, 1.165) is 11.5 Å². The standard InChI is InChI=1S/C26H56NO5PS/c1-7-8-9-10-11-12-13-14-15-16-17-18-19-20-21-34-23-26(31-6)24(2)25(27(3,4)5)22-32-33(28,29)30/h24-26H,7-23H2,1-6H3,(H-,28,29,30). The fraction of sp³-hybridized carbons (Fsp3) is 1.00. The Bertz CT molecular complexity index is 512. The number of phosphoric acid groups is 1. The average Bonchev–Trinajstić information content (AvgIpc) is 2.74. The number of hydrogen-bond acceptors (Lipinski definition) is 5. The van der Waals surface area contributed by atoms with Crippen molar-refractivity contribution < 1.29 is 28.1 Å². The van der Waals surface area contributed by atoms with E-state index in [1.54, 1.807) is 7.11 Å². The minimum Gasteiger partial charge on any atom is -0.756 e. The lowest BCUT2D eigenvalue weighted by Crippen LogP contribution is -2.54. The van der Waals surface area contributed by atoms with Crippen molar-refractivity contribution in [2.75, 3.05) is 46.4 Å². The maximum Gasteiger partial charge on any atom is 0.265 e. The van der Waals surface area contributed by atoms with Gasteiger partial charge in [-0.2, -0.15) is 11.8 Å². The molecule has 0 rings (SSSR count). The molecule has 0 fully saturated rings. The maximum absolute atomic E-state index is 11.1. The molecule has 0 aliphatic heterocycles. The Morgan fingerprint density at radius 2 is 1.32 bits per heavy atom. The number of likely N-dealkylation sites (N-methyl/N-ethyl adjacent to an activating group) is 1. The number of quaternary nitrogens is 1. The summed E-state index contributed by atoms with van der Waals surface area (Å²) < 4.78 is 22.1. The van der Waals surface area contributed by atoms with E-state index in [1.165, 1.54) is 89.9 Å². The first-order valence-electron chi connectivity index (χ1n) is 13.6. The van der Waals surface area contributed by atoms with Crippen molar-refractivity contribution in [3.8, 4) is 0 Å². The second-order valence-corrected chi connectivity index (χ2v) is 13.1. The summed E-state index contributed by atoms with van der Waals surface area (Å²) in [6, 6.07) is -0.110. The van der Waals surface area contributed by atoms with E-state index in [2.05, 4.69) is 13.8 Å². The van der Waals surface area contributed by atoms with E-state index in [0.29, 0.717) is 4.48 Å². The maximum atomic E-state index is 11.1. The largest absolute Gasteiger partial charge is 0.756 e. The van der Waals surface area contributed by atoms with Gasteiger partial charge < -0.3 is 23.5 Å². The summed E-state index contributed by atoms with van der Waals surface area (Å²) in [5, 5.41) is 0. The minimum absolute atomic E-state index is 0.00678. The van der Waals surface area contributed by atoms with Crippen LogP contribution < -0.4 is 4.89 Å². The summed E-state index contributed by atoms with van der Waals surface area (Å²) in [5.41, 5.74) is 0. The van der Waals surface area contributed by atoms with Gasteiger partial charge in [0.15, 0.2) is 0 Å². The van der Waals surface area contributed by atoms with E-state index in [9.17, 15) is 9.46 Å². The molecule has 0 aromatic heterocycles. The SMILES string of the molecule is CCCCCCCCCCCCCCCCSCC(OC)C(C)C(COP(=O)([O-])O)[N+](C)(C)C. The molecule has 0 bridgehead atoms. The highest BCUT2D eigenvalue weighted by molar-refractivity contribution is 7.99. The highest BCUT2D eigenvalue weighted by atomic mass is 32.2. The molecule has 4 atom stereocenters. The molecule has 0 amide bonds. The first kappa shape index (κ1) is 34.4. The molecule has 34 heavy (non-hydrogen) atoms. The Morgan fingerprint density at radius 1 is 0.882 bits per heavy atom. The van der Waals surface area contributed by atoms with Crippen LogP contribution in [0, 0.1) is 5.92 Å². The summed E-state index contributed by atoms with van der Waals surface area (Å²) in [5.74, 6) is 2.09. The number of methoxy groups -OCH3 is 1. The number of phosphoric ester groups is 1. The van der Waals surface area contributed by atoms with Crippen molar-refractivity contribution in [2.45, 2.75) is 116 Å². The van der Waals surface area contributed by atoms with Gasteiger partial charge in [-0.15, -0.1) is 0 Å². The molecule has 8 heteroatoms. The van der Waals surface area contributed by atoms with Crippen LogP contribution in [0.5, 0.6) is 0 Å². The van der Waals surface area contributed by atoms with Crippen molar-refractivity contribution in [1.29, 1.82) is 0 Å². The molecule has 6 nitrogen and oxygen atoms in total. The summed E-state index contributed by atoms with van der Waals surface area (Å²) in [4.78, 5) is 20.1. The van der Waals surface area contributed by atoms with Crippen molar-refractivity contribution in [2.24, 2.45) is 5.92 Å². The molecular weight excluding hydrogens is 469 g/mol. The third-order valence-corrected chi connectivity index (χ3v) is 8.44. The zero-order valence-corrected chi connectivity index (χ0v) is 24.8. The predicted molar refractivity (Wildman–Crippen MR) is 145 cm³/mol. The van der Waals surface area contributed by atoms with Gasteiger partial charge in [0.1, 0.15) is 12.6 Å². The van der Waals surface area contributed by atoms with Gasteiger partial charge >= 0.3 is 0 Å². The van der Waals surface area contributed by atoms with Gasteiger partial charge in [-0.1, -0.05) is 97.3 Å². The smallest absolute Gasteiger partial charge is 0.265 e. The van der Waals surface area contributed by atoms with E-state index in [-0.39, 0.29) is 24.7 Å². The Balaban J connectivity index is 3.89. The monoisotopic (exact) mass is 525 g/mol. The minimum atomic E-state index is -4.73. The van der Waals surface area contributed by atoms with Crippen LogP contribution in [0.4, 0.5) is 0 Å². The molecule has 1 N–H and O–H groups in total. The van der Waals surface area contributed by atoms with E-state index >= 15 is 0 Å². The Kier molecular flexibility index (Phi) is 20.7. The first-order valence-corrected chi connectivity index (χ1v) is 16.3. The van der Waals surface area contributed by atoms with Crippen LogP contribution in [-0.2, 0) is 13.8 Å². The van der Waals surface area contributed by atoms with Gasteiger partial charge in [0.05, 0.1) is 27.2 Å². The molecule has 0 heterocycles. The number of nitrogens with zero attached hydrogens (tertiary/aromatic N) is 1. The lowest BCUT2D eigenvalue weighted by molar-refractivity contribution is -0.900. The predicted octanol–water partition coefficient (Wildman–Crippen LogP) is 6.40. The molecule has 0 aromatic rings. The van der Waals surface area contributed by atoms with Crippen LogP contribution >= 0.6 is 19.6 Å². The van der Waals surface area contributed by atoms with Crippen LogP contribution in [-0.4, -0.2) is 67.9 Å². The normalized spacial score (nSPS) is 16.8. The number of thioether (sulfide) groups is 1. The third kappa shape index (κ3) is 19.6. The van der Waals surface area contributed by atoms with Gasteiger partial charge in [-0.25, -0.2) is 0 Å². The number of hydrogen-bond donors (Lipinski definition) is 1. The fourth-order valence-corrected chi connectivity index (χ4v) is 6.12. The number of rotatable bonds is 24. The van der Waals surface area contributed by atoms with E-state index in [1.807, 2.05) is 32.9 Å². The zero-order valence-electron chi connectivity index (χ0n) is 23.1. The average molecular weight is 526 g/mol. The van der Waals surface area contributed by atoms with Crippen LogP contribution in [0.3, 0.4) is 0 Å². The van der Waals surface area contributed by atoms with Gasteiger partial charge in [0.25, 0.3) is 7.82 Å². The van der Waals surface area contributed by atoms with Gasteiger partial charge in [-0.3, -0.25) is 4.57 Å². The molecule has 4 unspecified atom stereocenters. The van der Waals surface area contributed by atoms with Gasteiger partial charge in [0, 0.05) is 18.8 Å². The molecule has 0 spiro atoms. The quantitative estimate of drug-likeness (QED) is 0.0892. The molecule has 206 valence electrons. The van der Waals surface area contributed by atoms with Crippen LogP contribution in [0.25, 0.3) is 0 Å². The zero-order chi connectivity index (χ0) is 25.9. The van der Waals surface area contributed by atoms with Crippen molar-refractivity contribution >= 4 is 19.6 Å². The molecule has 0 aliphatic rings. The summed E-state index contributed by atoms with van der Waals surface area (Å²) in [6.45, 7) is 4.30. The molecule has 0 radical (unpaired) electrons. The van der Waals surface area contributed by atoms with Crippen LogP contribution in [0.1, 0.15) is 104 Å². The van der Waals surface area contributed by atoms with Crippen molar-refractivity contribution in [3.63, 3.8) is 0 Å². The molecule has 0 saturated carbocycles. The van der Waals surface area contributed by atoms with Crippen molar-refractivity contribution in [3.05, 3.63) is 0 Å². The third-order valence-electron chi connectivity index (χ3n) is 6.82. The lowest BCUT2D eigenvalue weighted by Gasteiger charge is -2.40. The molecular formula is C26H56NO5PS.